The molecule has 0 saturated carbocycles. The molecule has 0 aliphatic heterocycles. The molecule has 0 radical (unpaired) electrons. The molecule has 4 heteroatoms. The molecule has 2 nitrogen and oxygen atoms in total. The molecule has 17 heavy (non-hydrogen) atoms. The molecule has 1 aromatic heterocycles. The summed E-state index contributed by atoms with van der Waals surface area (Å²) in [4.78, 5) is 4.09. The van der Waals surface area contributed by atoms with Crippen LogP contribution in [0.1, 0.15) is 22.9 Å². The molecule has 2 rings (SSSR count). The van der Waals surface area contributed by atoms with Crippen molar-refractivity contribution in [1.29, 1.82) is 0 Å². The van der Waals surface area contributed by atoms with E-state index in [2.05, 4.69) is 4.98 Å². The van der Waals surface area contributed by atoms with Crippen LogP contribution >= 0.6 is 11.6 Å². The Morgan fingerprint density at radius 3 is 2.71 bits per heavy atom. The molecule has 0 spiro atoms. The highest BCUT2D eigenvalue weighted by molar-refractivity contribution is 6.31. The Bertz CT molecular complexity index is 527. The maximum Gasteiger partial charge on any atom is 0.123 e. The van der Waals surface area contributed by atoms with Crippen molar-refractivity contribution in [2.24, 2.45) is 0 Å². The van der Waals surface area contributed by atoms with E-state index in [4.69, 9.17) is 11.6 Å². The number of benzene rings is 1. The summed E-state index contributed by atoms with van der Waals surface area (Å²) < 4.78 is 13.1. The first-order chi connectivity index (χ1) is 8.08. The van der Waals surface area contributed by atoms with Crippen LogP contribution in [0, 0.1) is 12.7 Å². The predicted molar refractivity (Wildman–Crippen MR) is 64.4 cm³/mol. The molecule has 0 aliphatic carbocycles. The summed E-state index contributed by atoms with van der Waals surface area (Å²) in [6, 6.07) is 7.42. The maximum absolute atomic E-state index is 13.1. The second-order valence-electron chi connectivity index (χ2n) is 3.83. The molecule has 0 fully saturated rings. The first-order valence-corrected chi connectivity index (χ1v) is 5.51. The van der Waals surface area contributed by atoms with E-state index in [1.165, 1.54) is 18.2 Å². The number of nitrogens with zero attached hydrogens (tertiary/aromatic N) is 1. The first kappa shape index (κ1) is 12.0. The Balaban J connectivity index is 2.39. The van der Waals surface area contributed by atoms with E-state index < -0.39 is 11.9 Å². The number of halogens is 2. The highest BCUT2D eigenvalue weighted by Crippen LogP contribution is 2.27. The average Bonchev–Trinajstić information content (AvgIpc) is 2.32. The number of aryl methyl sites for hydroxylation is 1. The van der Waals surface area contributed by atoms with Crippen molar-refractivity contribution in [3.63, 3.8) is 0 Å². The third kappa shape index (κ3) is 2.62. The second kappa shape index (κ2) is 4.82. The molecule has 1 unspecified atom stereocenters. The lowest BCUT2D eigenvalue weighted by Crippen LogP contribution is -2.03. The van der Waals surface area contributed by atoms with Gasteiger partial charge in [0.2, 0.25) is 0 Å². The summed E-state index contributed by atoms with van der Waals surface area (Å²) in [7, 11) is 0. The fraction of sp³-hybridized carbons (Fsp3) is 0.154. The van der Waals surface area contributed by atoms with E-state index in [9.17, 15) is 9.50 Å². The lowest BCUT2D eigenvalue weighted by atomic mass is 10.1. The highest BCUT2D eigenvalue weighted by Gasteiger charge is 2.15. The van der Waals surface area contributed by atoms with Crippen molar-refractivity contribution in [3.05, 3.63) is 64.2 Å². The van der Waals surface area contributed by atoms with Gasteiger partial charge in [0.25, 0.3) is 0 Å². The lowest BCUT2D eigenvalue weighted by molar-refractivity contribution is 0.215. The molecule has 1 N–H and O–H groups in total. The monoisotopic (exact) mass is 251 g/mol. The number of pyridine rings is 1. The van der Waals surface area contributed by atoms with Crippen LogP contribution in [-0.2, 0) is 0 Å². The number of hydrogen-bond donors (Lipinski definition) is 1. The standard InChI is InChI=1S/C13H11ClFNO/c1-8-2-5-12(16-7-8)13(17)10-6-9(15)3-4-11(10)14/h2-7,13,17H,1H3. The summed E-state index contributed by atoms with van der Waals surface area (Å²) in [6.07, 6.45) is 0.630. The van der Waals surface area contributed by atoms with Crippen molar-refractivity contribution in [3.8, 4) is 0 Å². The molecule has 1 aromatic carbocycles. The van der Waals surface area contributed by atoms with Crippen molar-refractivity contribution >= 4 is 11.6 Å². The lowest BCUT2D eigenvalue weighted by Gasteiger charge is -2.12. The SMILES string of the molecule is Cc1ccc(C(O)c2cc(F)ccc2Cl)nc1. The average molecular weight is 252 g/mol. The number of aliphatic hydroxyl groups is 1. The normalized spacial score (nSPS) is 12.5. The van der Waals surface area contributed by atoms with Gasteiger partial charge < -0.3 is 5.11 Å². The van der Waals surface area contributed by atoms with Crippen LogP contribution in [0.2, 0.25) is 5.02 Å². The van der Waals surface area contributed by atoms with Crippen molar-refractivity contribution in [2.75, 3.05) is 0 Å². The molecule has 1 heterocycles. The Kier molecular flexibility index (Phi) is 3.41. The van der Waals surface area contributed by atoms with E-state index in [1.54, 1.807) is 12.3 Å². The quantitative estimate of drug-likeness (QED) is 0.889. The van der Waals surface area contributed by atoms with Crippen LogP contribution in [0.5, 0.6) is 0 Å². The topological polar surface area (TPSA) is 33.1 Å². The molecular weight excluding hydrogens is 241 g/mol. The predicted octanol–water partition coefficient (Wildman–Crippen LogP) is 3.26. The number of aromatic nitrogens is 1. The summed E-state index contributed by atoms with van der Waals surface area (Å²) >= 11 is 5.92. The minimum Gasteiger partial charge on any atom is -0.382 e. The van der Waals surface area contributed by atoms with Gasteiger partial charge in [-0.05, 0) is 36.8 Å². The minimum absolute atomic E-state index is 0.321. The van der Waals surface area contributed by atoms with Gasteiger partial charge in [-0.2, -0.15) is 0 Å². The zero-order valence-electron chi connectivity index (χ0n) is 9.19. The first-order valence-electron chi connectivity index (χ1n) is 5.13. The van der Waals surface area contributed by atoms with Gasteiger partial charge in [-0.15, -0.1) is 0 Å². The molecule has 0 amide bonds. The Morgan fingerprint density at radius 1 is 1.29 bits per heavy atom. The van der Waals surface area contributed by atoms with Gasteiger partial charge in [0.15, 0.2) is 0 Å². The fourth-order valence-electron chi connectivity index (χ4n) is 1.52. The molecule has 0 bridgehead atoms. The number of rotatable bonds is 2. The van der Waals surface area contributed by atoms with Crippen LogP contribution in [0.4, 0.5) is 4.39 Å². The maximum atomic E-state index is 13.1. The van der Waals surface area contributed by atoms with Gasteiger partial charge in [-0.1, -0.05) is 17.7 Å². The molecular formula is C13H11ClFNO. The third-order valence-electron chi connectivity index (χ3n) is 2.47. The third-order valence-corrected chi connectivity index (χ3v) is 2.81. The van der Waals surface area contributed by atoms with E-state index in [-0.39, 0.29) is 0 Å². The van der Waals surface area contributed by atoms with Crippen LogP contribution < -0.4 is 0 Å². The van der Waals surface area contributed by atoms with Gasteiger partial charge >= 0.3 is 0 Å². The summed E-state index contributed by atoms with van der Waals surface area (Å²) in [5.74, 6) is -0.435. The van der Waals surface area contributed by atoms with E-state index in [0.717, 1.165) is 5.56 Å². The Labute approximate surface area is 104 Å². The summed E-state index contributed by atoms with van der Waals surface area (Å²) in [6.45, 7) is 1.90. The number of aliphatic hydroxyl groups excluding tert-OH is 1. The van der Waals surface area contributed by atoms with Crippen molar-refractivity contribution in [2.45, 2.75) is 13.0 Å². The van der Waals surface area contributed by atoms with E-state index in [0.29, 0.717) is 16.3 Å². The summed E-state index contributed by atoms with van der Waals surface area (Å²) in [5, 5.41) is 10.4. The Hall–Kier alpha value is -1.45. The van der Waals surface area contributed by atoms with Crippen LogP contribution in [0.15, 0.2) is 36.5 Å². The highest BCUT2D eigenvalue weighted by atomic mass is 35.5. The van der Waals surface area contributed by atoms with Crippen molar-refractivity contribution in [1.82, 2.24) is 4.98 Å². The summed E-state index contributed by atoms with van der Waals surface area (Å²) in [5.41, 5.74) is 1.76. The zero-order chi connectivity index (χ0) is 12.4. The van der Waals surface area contributed by atoms with E-state index in [1.807, 2.05) is 13.0 Å². The largest absolute Gasteiger partial charge is 0.382 e. The van der Waals surface area contributed by atoms with Gasteiger partial charge in [-0.3, -0.25) is 4.98 Å². The van der Waals surface area contributed by atoms with Crippen LogP contribution in [-0.4, -0.2) is 10.1 Å². The molecule has 0 saturated heterocycles. The van der Waals surface area contributed by atoms with Gasteiger partial charge in [0, 0.05) is 16.8 Å². The van der Waals surface area contributed by atoms with Gasteiger partial charge in [0.1, 0.15) is 11.9 Å². The van der Waals surface area contributed by atoms with E-state index >= 15 is 0 Å². The second-order valence-corrected chi connectivity index (χ2v) is 4.24. The van der Waals surface area contributed by atoms with Crippen molar-refractivity contribution < 1.29 is 9.50 Å². The molecule has 2 aromatic rings. The Morgan fingerprint density at radius 2 is 2.06 bits per heavy atom. The van der Waals surface area contributed by atoms with Gasteiger partial charge in [0.05, 0.1) is 5.69 Å². The van der Waals surface area contributed by atoms with Gasteiger partial charge in [-0.25, -0.2) is 4.39 Å². The van der Waals surface area contributed by atoms with Crippen LogP contribution in [0.3, 0.4) is 0 Å². The molecule has 1 atom stereocenters. The zero-order valence-corrected chi connectivity index (χ0v) is 9.95. The molecule has 0 aliphatic rings. The smallest absolute Gasteiger partial charge is 0.123 e. The minimum atomic E-state index is -1.01. The molecule has 88 valence electrons. The fourth-order valence-corrected chi connectivity index (χ4v) is 1.75. The van der Waals surface area contributed by atoms with Crippen LogP contribution in [0.25, 0.3) is 0 Å². The number of hydrogen-bond acceptors (Lipinski definition) is 2.